The van der Waals surface area contributed by atoms with Crippen LogP contribution >= 0.6 is 11.6 Å². The largest absolute Gasteiger partial charge is 0.270 e. The second-order valence-electron chi connectivity index (χ2n) is 4.03. The van der Waals surface area contributed by atoms with E-state index < -0.39 is 4.92 Å². The van der Waals surface area contributed by atoms with Gasteiger partial charge in [0.15, 0.2) is 5.82 Å². The van der Waals surface area contributed by atoms with Crippen molar-refractivity contribution in [2.24, 2.45) is 0 Å². The molecule has 0 aliphatic carbocycles. The number of benzene rings is 1. The fraction of sp³-hybridized carbons (Fsp3) is 0. The van der Waals surface area contributed by atoms with Gasteiger partial charge in [0, 0.05) is 35.5 Å². The zero-order valence-corrected chi connectivity index (χ0v) is 10.8. The van der Waals surface area contributed by atoms with Crippen LogP contribution < -0.4 is 0 Å². The number of fused-ring (bicyclic) bond motifs is 1. The van der Waals surface area contributed by atoms with Crippen molar-refractivity contribution >= 4 is 28.2 Å². The molecule has 2 heterocycles. The Morgan fingerprint density at radius 3 is 2.55 bits per heavy atom. The summed E-state index contributed by atoms with van der Waals surface area (Å²) >= 11 is 6.10. The van der Waals surface area contributed by atoms with E-state index in [9.17, 15) is 10.1 Å². The summed E-state index contributed by atoms with van der Waals surface area (Å²) < 4.78 is 0. The molecule has 7 heteroatoms. The van der Waals surface area contributed by atoms with E-state index in [0.717, 1.165) is 5.56 Å². The van der Waals surface area contributed by atoms with E-state index in [1.165, 1.54) is 12.1 Å². The smallest absolute Gasteiger partial charge is 0.265 e. The molecule has 0 fully saturated rings. The molecule has 0 amide bonds. The van der Waals surface area contributed by atoms with Gasteiger partial charge in [0.1, 0.15) is 5.15 Å². The Labute approximate surface area is 118 Å². The molecule has 3 aromatic rings. The van der Waals surface area contributed by atoms with Gasteiger partial charge in [0.25, 0.3) is 5.69 Å². The minimum absolute atomic E-state index is 0.0420. The quantitative estimate of drug-likeness (QED) is 0.410. The second-order valence-corrected chi connectivity index (χ2v) is 4.39. The number of non-ortho nitro benzene ring substituents is 1. The summed E-state index contributed by atoms with van der Waals surface area (Å²) in [6.07, 6.45) is 3.26. The fourth-order valence-corrected chi connectivity index (χ4v) is 2.05. The molecule has 0 bridgehead atoms. The molecule has 20 heavy (non-hydrogen) atoms. The maximum Gasteiger partial charge on any atom is 0.270 e. The molecular weight excluding hydrogens is 280 g/mol. The van der Waals surface area contributed by atoms with Crippen molar-refractivity contribution in [3.63, 3.8) is 0 Å². The maximum absolute atomic E-state index is 10.8. The van der Waals surface area contributed by atoms with E-state index in [4.69, 9.17) is 11.6 Å². The highest BCUT2D eigenvalue weighted by atomic mass is 35.5. The van der Waals surface area contributed by atoms with Gasteiger partial charge in [-0.2, -0.15) is 0 Å². The minimum atomic E-state index is -0.480. The van der Waals surface area contributed by atoms with E-state index in [2.05, 4.69) is 15.0 Å². The predicted octanol–water partition coefficient (Wildman–Crippen LogP) is 3.25. The number of pyridine rings is 1. The van der Waals surface area contributed by atoms with Crippen LogP contribution in [0.1, 0.15) is 0 Å². The molecule has 0 N–H and O–H groups in total. The van der Waals surface area contributed by atoms with E-state index in [0.29, 0.717) is 16.7 Å². The average Bonchev–Trinajstić information content (AvgIpc) is 2.47. The van der Waals surface area contributed by atoms with Crippen molar-refractivity contribution in [2.75, 3.05) is 0 Å². The monoisotopic (exact) mass is 286 g/mol. The first kappa shape index (κ1) is 12.4. The van der Waals surface area contributed by atoms with Crippen molar-refractivity contribution in [3.8, 4) is 11.4 Å². The lowest BCUT2D eigenvalue weighted by Gasteiger charge is -2.04. The Hall–Kier alpha value is -2.60. The first-order valence-corrected chi connectivity index (χ1v) is 6.05. The normalized spacial score (nSPS) is 10.7. The molecule has 0 aliphatic heterocycles. The van der Waals surface area contributed by atoms with Gasteiger partial charge in [-0.1, -0.05) is 11.6 Å². The van der Waals surface area contributed by atoms with Crippen molar-refractivity contribution < 1.29 is 4.92 Å². The van der Waals surface area contributed by atoms with Crippen molar-refractivity contribution in [1.29, 1.82) is 0 Å². The third-order valence-corrected chi connectivity index (χ3v) is 3.07. The highest BCUT2D eigenvalue weighted by Crippen LogP contribution is 2.27. The third-order valence-electron chi connectivity index (χ3n) is 2.78. The number of aromatic nitrogens is 3. The lowest BCUT2D eigenvalue weighted by molar-refractivity contribution is -0.384. The first-order valence-electron chi connectivity index (χ1n) is 5.67. The number of nitro groups is 1. The number of nitrogens with zero attached hydrogens (tertiary/aromatic N) is 4. The maximum atomic E-state index is 10.8. The van der Waals surface area contributed by atoms with Crippen LogP contribution in [0.3, 0.4) is 0 Å². The zero-order valence-electron chi connectivity index (χ0n) is 10.0. The van der Waals surface area contributed by atoms with Gasteiger partial charge in [0.05, 0.1) is 10.4 Å². The van der Waals surface area contributed by atoms with Gasteiger partial charge in [-0.3, -0.25) is 15.1 Å². The second kappa shape index (κ2) is 4.82. The van der Waals surface area contributed by atoms with Gasteiger partial charge < -0.3 is 0 Å². The summed E-state index contributed by atoms with van der Waals surface area (Å²) in [7, 11) is 0. The van der Waals surface area contributed by atoms with Crippen LogP contribution in [-0.4, -0.2) is 19.9 Å². The Bertz CT molecular complexity index is 808. The van der Waals surface area contributed by atoms with Gasteiger partial charge >= 0.3 is 0 Å². The lowest BCUT2D eigenvalue weighted by atomic mass is 10.2. The molecule has 6 nitrogen and oxygen atoms in total. The van der Waals surface area contributed by atoms with E-state index >= 15 is 0 Å². The molecule has 2 aromatic heterocycles. The van der Waals surface area contributed by atoms with Gasteiger partial charge in [-0.25, -0.2) is 9.97 Å². The third kappa shape index (κ3) is 2.17. The molecule has 0 saturated carbocycles. The summed E-state index contributed by atoms with van der Waals surface area (Å²) in [5.41, 5.74) is 1.30. The first-order chi connectivity index (χ1) is 9.65. The van der Waals surface area contributed by atoms with Gasteiger partial charge in [-0.15, -0.1) is 0 Å². The Balaban J connectivity index is 2.21. The number of halogens is 1. The highest BCUT2D eigenvalue weighted by Gasteiger charge is 2.12. The fourth-order valence-electron chi connectivity index (χ4n) is 1.82. The molecule has 0 aliphatic rings. The van der Waals surface area contributed by atoms with E-state index in [1.807, 2.05) is 0 Å². The van der Waals surface area contributed by atoms with Crippen LogP contribution in [0.2, 0.25) is 5.15 Å². The molecule has 1 aromatic carbocycles. The number of hydrogen-bond donors (Lipinski definition) is 0. The summed E-state index contributed by atoms with van der Waals surface area (Å²) in [5.74, 6) is 0.457. The number of nitro benzene ring substituents is 1. The SMILES string of the molecule is O=[N+]([O-])c1ccc2nc(-c3ccncc3)nc(Cl)c2c1. The average molecular weight is 287 g/mol. The van der Waals surface area contributed by atoms with Gasteiger partial charge in [-0.05, 0) is 18.2 Å². The molecule has 0 radical (unpaired) electrons. The van der Waals surface area contributed by atoms with Crippen molar-refractivity contribution in [3.05, 3.63) is 58.0 Å². The topological polar surface area (TPSA) is 81.8 Å². The minimum Gasteiger partial charge on any atom is -0.265 e. The lowest BCUT2D eigenvalue weighted by Crippen LogP contribution is -1.94. The van der Waals surface area contributed by atoms with Crippen LogP contribution in [-0.2, 0) is 0 Å². The Morgan fingerprint density at radius 1 is 1.10 bits per heavy atom. The Kier molecular flexibility index (Phi) is 3.00. The predicted molar refractivity (Wildman–Crippen MR) is 74.4 cm³/mol. The molecule has 0 atom stereocenters. The number of rotatable bonds is 2. The van der Waals surface area contributed by atoms with Crippen LogP contribution in [0.25, 0.3) is 22.3 Å². The van der Waals surface area contributed by atoms with Crippen molar-refractivity contribution in [1.82, 2.24) is 15.0 Å². The summed E-state index contributed by atoms with van der Waals surface area (Å²) in [6.45, 7) is 0. The molecule has 98 valence electrons. The summed E-state index contributed by atoms with van der Waals surface area (Å²) in [5, 5.41) is 11.4. The molecule has 3 rings (SSSR count). The standard InChI is InChI=1S/C13H7ClN4O2/c14-12-10-7-9(18(19)20)1-2-11(10)16-13(17-12)8-3-5-15-6-4-8/h1-7H. The van der Waals surface area contributed by atoms with Crippen LogP contribution in [0, 0.1) is 10.1 Å². The van der Waals surface area contributed by atoms with Crippen LogP contribution in [0.4, 0.5) is 5.69 Å². The van der Waals surface area contributed by atoms with E-state index in [1.54, 1.807) is 30.6 Å². The molecule has 0 saturated heterocycles. The van der Waals surface area contributed by atoms with Crippen LogP contribution in [0.15, 0.2) is 42.7 Å². The molecule has 0 spiro atoms. The summed E-state index contributed by atoms with van der Waals surface area (Å²) in [4.78, 5) is 22.7. The summed E-state index contributed by atoms with van der Waals surface area (Å²) in [6, 6.07) is 7.85. The number of hydrogen-bond acceptors (Lipinski definition) is 5. The van der Waals surface area contributed by atoms with Gasteiger partial charge in [0.2, 0.25) is 0 Å². The molecular formula is C13H7ClN4O2. The molecule has 0 unspecified atom stereocenters. The zero-order chi connectivity index (χ0) is 14.1. The van der Waals surface area contributed by atoms with Crippen molar-refractivity contribution in [2.45, 2.75) is 0 Å². The van der Waals surface area contributed by atoms with Crippen LogP contribution in [0.5, 0.6) is 0 Å². The highest BCUT2D eigenvalue weighted by molar-refractivity contribution is 6.34. The Morgan fingerprint density at radius 2 is 1.85 bits per heavy atom. The van der Waals surface area contributed by atoms with E-state index in [-0.39, 0.29) is 10.8 Å².